The summed E-state index contributed by atoms with van der Waals surface area (Å²) in [6.45, 7) is 4.28. The van der Waals surface area contributed by atoms with Crippen LogP contribution in [0.2, 0.25) is 0 Å². The van der Waals surface area contributed by atoms with Crippen LogP contribution in [-0.2, 0) is 10.0 Å². The third-order valence-corrected chi connectivity index (χ3v) is 5.94. The van der Waals surface area contributed by atoms with Gasteiger partial charge in [-0.2, -0.15) is 0 Å². The molecule has 0 aliphatic heterocycles. The summed E-state index contributed by atoms with van der Waals surface area (Å²) in [4.78, 5) is 0.331. The maximum atomic E-state index is 12.4. The van der Waals surface area contributed by atoms with Gasteiger partial charge in [-0.05, 0) is 42.5 Å². The van der Waals surface area contributed by atoms with Crippen molar-refractivity contribution in [2.45, 2.75) is 50.5 Å². The average Bonchev–Trinajstić information content (AvgIpc) is 2.32. The number of hydrogen-bond acceptors (Lipinski definition) is 2. The smallest absolute Gasteiger partial charge is 0.208 e. The zero-order valence-corrected chi connectivity index (χ0v) is 13.7. The van der Waals surface area contributed by atoms with Crippen molar-refractivity contribution in [3.05, 3.63) is 28.7 Å². The van der Waals surface area contributed by atoms with Gasteiger partial charge in [-0.25, -0.2) is 13.1 Å². The minimum atomic E-state index is -3.42. The van der Waals surface area contributed by atoms with Gasteiger partial charge in [0.1, 0.15) is 0 Å². The normalized spacial score (nSPS) is 23.2. The molecule has 106 valence electrons. The Balaban J connectivity index is 2.19. The standard InChI is InChI=1S/C14H20BrNO2S/c1-14(2)10-4-3-5-13(14)16-19(17,18)12-8-6-11(15)7-9-12/h6-9,13,16H,3-5,10H2,1-2H3. The molecule has 2 rings (SSSR count). The largest absolute Gasteiger partial charge is 0.240 e. The monoisotopic (exact) mass is 345 g/mol. The highest BCUT2D eigenvalue weighted by atomic mass is 79.9. The van der Waals surface area contributed by atoms with E-state index in [0.29, 0.717) is 4.90 Å². The lowest BCUT2D eigenvalue weighted by Gasteiger charge is -2.38. The van der Waals surface area contributed by atoms with E-state index in [9.17, 15) is 8.42 Å². The molecule has 5 heteroatoms. The van der Waals surface area contributed by atoms with E-state index in [-0.39, 0.29) is 11.5 Å². The fourth-order valence-electron chi connectivity index (χ4n) is 2.58. The number of sulfonamides is 1. The van der Waals surface area contributed by atoms with E-state index in [1.807, 2.05) is 0 Å². The molecular formula is C14H20BrNO2S. The summed E-state index contributed by atoms with van der Waals surface area (Å²) in [7, 11) is -3.42. The Hall–Kier alpha value is -0.390. The second-order valence-corrected chi connectivity index (χ2v) is 8.49. The Morgan fingerprint density at radius 3 is 2.42 bits per heavy atom. The Morgan fingerprint density at radius 1 is 1.21 bits per heavy atom. The summed E-state index contributed by atoms with van der Waals surface area (Å²) in [6.07, 6.45) is 4.27. The molecule has 0 saturated heterocycles. The molecule has 3 nitrogen and oxygen atoms in total. The molecule has 1 atom stereocenters. The first kappa shape index (κ1) is 15.0. The molecule has 0 amide bonds. The highest BCUT2D eigenvalue weighted by Gasteiger charge is 2.35. The topological polar surface area (TPSA) is 46.2 Å². The van der Waals surface area contributed by atoms with Crippen LogP contribution in [0.1, 0.15) is 39.5 Å². The SMILES string of the molecule is CC1(C)CCCCC1NS(=O)(=O)c1ccc(Br)cc1. The van der Waals surface area contributed by atoms with E-state index in [1.54, 1.807) is 24.3 Å². The van der Waals surface area contributed by atoms with E-state index < -0.39 is 10.0 Å². The third-order valence-electron chi connectivity index (χ3n) is 3.93. The van der Waals surface area contributed by atoms with Crippen LogP contribution in [0.4, 0.5) is 0 Å². The molecule has 19 heavy (non-hydrogen) atoms. The maximum absolute atomic E-state index is 12.4. The van der Waals surface area contributed by atoms with Crippen molar-refractivity contribution in [2.24, 2.45) is 5.41 Å². The van der Waals surface area contributed by atoms with Crippen LogP contribution in [0.5, 0.6) is 0 Å². The molecular weight excluding hydrogens is 326 g/mol. The van der Waals surface area contributed by atoms with Gasteiger partial charge >= 0.3 is 0 Å². The molecule has 0 spiro atoms. The van der Waals surface area contributed by atoms with Crippen LogP contribution < -0.4 is 4.72 Å². The number of hydrogen-bond donors (Lipinski definition) is 1. The van der Waals surface area contributed by atoms with Gasteiger partial charge in [0.25, 0.3) is 0 Å². The lowest BCUT2D eigenvalue weighted by atomic mass is 9.74. The first-order valence-corrected chi connectivity index (χ1v) is 8.87. The van der Waals surface area contributed by atoms with Crippen molar-refractivity contribution in [3.63, 3.8) is 0 Å². The molecule has 1 aromatic rings. The number of halogens is 1. The van der Waals surface area contributed by atoms with Crippen molar-refractivity contribution in [1.29, 1.82) is 0 Å². The quantitative estimate of drug-likeness (QED) is 0.907. The average molecular weight is 346 g/mol. The number of benzene rings is 1. The summed E-state index contributed by atoms with van der Waals surface area (Å²) in [5, 5.41) is 0. The molecule has 1 saturated carbocycles. The van der Waals surface area contributed by atoms with E-state index in [0.717, 1.165) is 23.7 Å². The summed E-state index contributed by atoms with van der Waals surface area (Å²) in [5.41, 5.74) is 0.0285. The van der Waals surface area contributed by atoms with Crippen LogP contribution >= 0.6 is 15.9 Å². The molecule has 1 fully saturated rings. The van der Waals surface area contributed by atoms with Gasteiger partial charge in [0.05, 0.1) is 4.90 Å². The van der Waals surface area contributed by atoms with Crippen LogP contribution in [-0.4, -0.2) is 14.5 Å². The predicted octanol–water partition coefficient (Wildman–Crippen LogP) is 3.70. The summed E-state index contributed by atoms with van der Waals surface area (Å²) in [6, 6.07) is 6.78. The summed E-state index contributed by atoms with van der Waals surface area (Å²) < 4.78 is 28.5. The van der Waals surface area contributed by atoms with Crippen LogP contribution in [0.3, 0.4) is 0 Å². The van der Waals surface area contributed by atoms with E-state index in [1.165, 1.54) is 6.42 Å². The molecule has 1 unspecified atom stereocenters. The van der Waals surface area contributed by atoms with Crippen molar-refractivity contribution >= 4 is 26.0 Å². The van der Waals surface area contributed by atoms with E-state index in [4.69, 9.17) is 0 Å². The Bertz CT molecular complexity index is 537. The van der Waals surface area contributed by atoms with Gasteiger partial charge in [0, 0.05) is 10.5 Å². The second kappa shape index (κ2) is 5.54. The first-order chi connectivity index (χ1) is 8.81. The molecule has 0 bridgehead atoms. The van der Waals surface area contributed by atoms with Gasteiger partial charge < -0.3 is 0 Å². The van der Waals surface area contributed by atoms with Gasteiger partial charge in [0.15, 0.2) is 0 Å². The molecule has 0 radical (unpaired) electrons. The van der Waals surface area contributed by atoms with Gasteiger partial charge in [-0.1, -0.05) is 42.6 Å². The predicted molar refractivity (Wildman–Crippen MR) is 80.5 cm³/mol. The zero-order valence-electron chi connectivity index (χ0n) is 11.3. The van der Waals surface area contributed by atoms with Crippen molar-refractivity contribution < 1.29 is 8.42 Å². The van der Waals surface area contributed by atoms with Crippen LogP contribution in [0.25, 0.3) is 0 Å². The third kappa shape index (κ3) is 3.58. The maximum Gasteiger partial charge on any atom is 0.240 e. The minimum absolute atomic E-state index is 0.0231. The van der Waals surface area contributed by atoms with E-state index in [2.05, 4.69) is 34.5 Å². The Labute approximate surface area is 124 Å². The lowest BCUT2D eigenvalue weighted by Crippen LogP contribution is -2.46. The first-order valence-electron chi connectivity index (χ1n) is 6.59. The van der Waals surface area contributed by atoms with Gasteiger partial charge in [-0.3, -0.25) is 0 Å². The van der Waals surface area contributed by atoms with Crippen LogP contribution in [0.15, 0.2) is 33.6 Å². The van der Waals surface area contributed by atoms with Crippen molar-refractivity contribution in [1.82, 2.24) is 4.72 Å². The summed E-state index contributed by atoms with van der Waals surface area (Å²) in [5.74, 6) is 0. The van der Waals surface area contributed by atoms with Crippen molar-refractivity contribution in [3.8, 4) is 0 Å². The number of rotatable bonds is 3. The molecule has 1 aromatic carbocycles. The van der Waals surface area contributed by atoms with Gasteiger partial charge in [-0.15, -0.1) is 0 Å². The minimum Gasteiger partial charge on any atom is -0.208 e. The Kier molecular flexibility index (Phi) is 4.38. The van der Waals surface area contributed by atoms with Crippen LogP contribution in [0, 0.1) is 5.41 Å². The molecule has 1 N–H and O–H groups in total. The zero-order chi connectivity index (χ0) is 14.1. The highest BCUT2D eigenvalue weighted by molar-refractivity contribution is 9.10. The van der Waals surface area contributed by atoms with E-state index >= 15 is 0 Å². The molecule has 1 aliphatic rings. The summed E-state index contributed by atoms with van der Waals surface area (Å²) >= 11 is 3.31. The fraction of sp³-hybridized carbons (Fsp3) is 0.571. The molecule has 0 aromatic heterocycles. The molecule has 1 aliphatic carbocycles. The second-order valence-electron chi connectivity index (χ2n) is 5.86. The van der Waals surface area contributed by atoms with Crippen molar-refractivity contribution in [2.75, 3.05) is 0 Å². The lowest BCUT2D eigenvalue weighted by molar-refractivity contribution is 0.188. The number of nitrogens with one attached hydrogen (secondary N) is 1. The molecule has 0 heterocycles. The highest BCUT2D eigenvalue weighted by Crippen LogP contribution is 2.36. The fourth-order valence-corrected chi connectivity index (χ4v) is 4.29. The van der Waals surface area contributed by atoms with Gasteiger partial charge in [0.2, 0.25) is 10.0 Å². The Morgan fingerprint density at radius 2 is 1.84 bits per heavy atom.